The molecule has 1 aromatic rings. The van der Waals surface area contributed by atoms with Crippen molar-refractivity contribution in [1.29, 1.82) is 0 Å². The second-order valence-electron chi connectivity index (χ2n) is 3.48. The molecule has 19 heavy (non-hydrogen) atoms. The molecule has 0 aliphatic carbocycles. The molecule has 0 radical (unpaired) electrons. The van der Waals surface area contributed by atoms with Gasteiger partial charge in [0.25, 0.3) is 0 Å². The molecule has 1 aromatic carbocycles. The Morgan fingerprint density at radius 2 is 1.84 bits per heavy atom. The molecule has 0 unspecified atom stereocenters. The van der Waals surface area contributed by atoms with E-state index in [1.165, 1.54) is 7.11 Å². The number of carbonyl (C=O) groups excluding carboxylic acids is 1. The Kier molecular flexibility index (Phi) is 10.4. The molecule has 1 rings (SSSR count). The van der Waals surface area contributed by atoms with Crippen LogP contribution in [0.2, 0.25) is 0 Å². The summed E-state index contributed by atoms with van der Waals surface area (Å²) in [6.07, 6.45) is 0.730. The van der Waals surface area contributed by atoms with Gasteiger partial charge in [-0.2, -0.15) is 0 Å². The summed E-state index contributed by atoms with van der Waals surface area (Å²) in [5.41, 5.74) is 0.557. The summed E-state index contributed by atoms with van der Waals surface area (Å²) in [6.45, 7) is 7.25. The number of ether oxygens (including phenoxy) is 3. The highest BCUT2D eigenvalue weighted by Gasteiger charge is 2.00. The van der Waals surface area contributed by atoms with Crippen LogP contribution >= 0.6 is 15.9 Å². The zero-order chi connectivity index (χ0) is 14.7. The molecule has 0 spiro atoms. The van der Waals surface area contributed by atoms with Gasteiger partial charge in [-0.15, -0.1) is 0 Å². The second-order valence-corrected chi connectivity index (χ2v) is 4.40. The Morgan fingerprint density at radius 3 is 2.26 bits per heavy atom. The van der Waals surface area contributed by atoms with E-state index in [0.29, 0.717) is 11.3 Å². The van der Waals surface area contributed by atoms with Crippen LogP contribution in [0.15, 0.2) is 22.7 Å². The van der Waals surface area contributed by atoms with E-state index in [4.69, 9.17) is 14.2 Å². The topological polar surface area (TPSA) is 44.8 Å². The van der Waals surface area contributed by atoms with Crippen LogP contribution in [-0.4, -0.2) is 32.9 Å². The van der Waals surface area contributed by atoms with Crippen LogP contribution < -0.4 is 4.74 Å². The fourth-order valence-electron chi connectivity index (χ4n) is 1.31. The van der Waals surface area contributed by atoms with Gasteiger partial charge >= 0.3 is 0 Å². The molecular formula is C14H21BrO4. The minimum absolute atomic E-state index is 0.0370. The molecule has 0 saturated carbocycles. The first-order chi connectivity index (χ1) is 9.08. The number of hydrogen-bond donors (Lipinski definition) is 0. The number of hydrogen-bond acceptors (Lipinski definition) is 4. The highest BCUT2D eigenvalue weighted by atomic mass is 79.9. The molecule has 4 nitrogen and oxygen atoms in total. The quantitative estimate of drug-likeness (QED) is 0.588. The fourth-order valence-corrected chi connectivity index (χ4v) is 1.69. The first-order valence-corrected chi connectivity index (χ1v) is 6.90. The number of benzene rings is 1. The van der Waals surface area contributed by atoms with E-state index in [2.05, 4.69) is 15.9 Å². The van der Waals surface area contributed by atoms with E-state index in [1.807, 2.05) is 26.8 Å². The van der Waals surface area contributed by atoms with E-state index in [-0.39, 0.29) is 6.29 Å². The zero-order valence-corrected chi connectivity index (χ0v) is 13.4. The van der Waals surface area contributed by atoms with Crippen molar-refractivity contribution in [3.8, 4) is 5.75 Å². The van der Waals surface area contributed by atoms with Crippen LogP contribution in [0, 0.1) is 0 Å². The largest absolute Gasteiger partial charge is 0.496 e. The lowest BCUT2D eigenvalue weighted by molar-refractivity contribution is -0.123. The molecule has 5 heteroatoms. The Morgan fingerprint density at radius 1 is 1.26 bits per heavy atom. The van der Waals surface area contributed by atoms with Gasteiger partial charge in [0.2, 0.25) is 0 Å². The number of halogens is 1. The Balaban J connectivity index is 0.000000362. The van der Waals surface area contributed by atoms with E-state index >= 15 is 0 Å². The highest BCUT2D eigenvalue weighted by molar-refractivity contribution is 9.10. The molecule has 0 bridgehead atoms. The predicted octanol–water partition coefficient (Wildman–Crippen LogP) is 3.68. The normalized spacial score (nSPS) is 9.79. The van der Waals surface area contributed by atoms with Crippen LogP contribution in [0.3, 0.4) is 0 Å². The monoisotopic (exact) mass is 332 g/mol. The third-order valence-corrected chi connectivity index (χ3v) is 2.61. The van der Waals surface area contributed by atoms with Crippen LogP contribution in [0.5, 0.6) is 5.75 Å². The standard InChI is InChI=1S/C8H7BrO2.C6H14O2/c1-11-8-3-2-7(9)4-6(8)5-10;1-4-7-6(3)8-5-2/h2-5H,1H3;6H,4-5H2,1-3H3. The summed E-state index contributed by atoms with van der Waals surface area (Å²) >= 11 is 3.25. The maximum atomic E-state index is 10.4. The molecule has 0 fully saturated rings. The third kappa shape index (κ3) is 7.97. The van der Waals surface area contributed by atoms with Crippen molar-refractivity contribution < 1.29 is 19.0 Å². The number of aldehydes is 1. The van der Waals surface area contributed by atoms with Crippen molar-refractivity contribution in [3.63, 3.8) is 0 Å². The van der Waals surface area contributed by atoms with Crippen LogP contribution in [0.1, 0.15) is 31.1 Å². The van der Waals surface area contributed by atoms with Gasteiger partial charge < -0.3 is 14.2 Å². The fraction of sp³-hybridized carbons (Fsp3) is 0.500. The van der Waals surface area contributed by atoms with E-state index in [1.54, 1.807) is 12.1 Å². The molecular weight excluding hydrogens is 312 g/mol. The SMILES string of the molecule is CCOC(C)OCC.COc1ccc(Br)cc1C=O. The lowest BCUT2D eigenvalue weighted by Crippen LogP contribution is -2.11. The lowest BCUT2D eigenvalue weighted by Gasteiger charge is -2.09. The molecule has 0 aliphatic heterocycles. The third-order valence-electron chi connectivity index (χ3n) is 2.12. The highest BCUT2D eigenvalue weighted by Crippen LogP contribution is 2.20. The maximum absolute atomic E-state index is 10.4. The first-order valence-electron chi connectivity index (χ1n) is 6.10. The molecule has 0 aromatic heterocycles. The number of carbonyl (C=O) groups is 1. The number of rotatable bonds is 6. The summed E-state index contributed by atoms with van der Waals surface area (Å²) in [7, 11) is 1.54. The van der Waals surface area contributed by atoms with Crippen LogP contribution in [0.4, 0.5) is 0 Å². The van der Waals surface area contributed by atoms with Crippen molar-refractivity contribution in [2.24, 2.45) is 0 Å². The van der Waals surface area contributed by atoms with Gasteiger partial charge in [0.1, 0.15) is 5.75 Å². The van der Waals surface area contributed by atoms with Crippen LogP contribution in [-0.2, 0) is 9.47 Å². The van der Waals surface area contributed by atoms with Crippen molar-refractivity contribution in [1.82, 2.24) is 0 Å². The summed E-state index contributed by atoms with van der Waals surface area (Å²) in [4.78, 5) is 10.4. The van der Waals surface area contributed by atoms with Crippen molar-refractivity contribution in [2.75, 3.05) is 20.3 Å². The smallest absolute Gasteiger partial charge is 0.154 e. The molecule has 0 heterocycles. The summed E-state index contributed by atoms with van der Waals surface area (Å²) in [5.74, 6) is 0.600. The van der Waals surface area contributed by atoms with Gasteiger partial charge in [-0.05, 0) is 39.0 Å². The average Bonchev–Trinajstić information content (AvgIpc) is 2.40. The molecule has 0 saturated heterocycles. The minimum Gasteiger partial charge on any atom is -0.496 e. The lowest BCUT2D eigenvalue weighted by atomic mass is 10.2. The summed E-state index contributed by atoms with van der Waals surface area (Å²) in [5, 5.41) is 0. The minimum atomic E-state index is -0.0370. The zero-order valence-electron chi connectivity index (χ0n) is 11.8. The van der Waals surface area contributed by atoms with E-state index in [0.717, 1.165) is 24.0 Å². The van der Waals surface area contributed by atoms with Crippen molar-refractivity contribution in [3.05, 3.63) is 28.2 Å². The van der Waals surface area contributed by atoms with Crippen molar-refractivity contribution in [2.45, 2.75) is 27.1 Å². The Bertz CT molecular complexity index is 362. The summed E-state index contributed by atoms with van der Waals surface area (Å²) < 4.78 is 15.9. The molecule has 0 N–H and O–H groups in total. The van der Waals surface area contributed by atoms with E-state index in [9.17, 15) is 4.79 Å². The average molecular weight is 333 g/mol. The van der Waals surface area contributed by atoms with E-state index < -0.39 is 0 Å². The number of methoxy groups -OCH3 is 1. The molecule has 108 valence electrons. The molecule has 0 atom stereocenters. The Hall–Kier alpha value is -0.910. The van der Waals surface area contributed by atoms with Crippen molar-refractivity contribution >= 4 is 22.2 Å². The molecule has 0 amide bonds. The van der Waals surface area contributed by atoms with Gasteiger partial charge in [0.05, 0.1) is 12.7 Å². The van der Waals surface area contributed by atoms with Gasteiger partial charge in [-0.25, -0.2) is 0 Å². The predicted molar refractivity (Wildman–Crippen MR) is 78.8 cm³/mol. The molecule has 0 aliphatic rings. The van der Waals surface area contributed by atoms with Gasteiger partial charge in [-0.1, -0.05) is 15.9 Å². The Labute approximate surface area is 123 Å². The van der Waals surface area contributed by atoms with Gasteiger partial charge in [0.15, 0.2) is 12.6 Å². The summed E-state index contributed by atoms with van der Waals surface area (Å²) in [6, 6.07) is 5.28. The maximum Gasteiger partial charge on any atom is 0.154 e. The van der Waals surface area contributed by atoms with Gasteiger partial charge in [0, 0.05) is 17.7 Å². The van der Waals surface area contributed by atoms with Gasteiger partial charge in [-0.3, -0.25) is 4.79 Å². The van der Waals surface area contributed by atoms with Crippen LogP contribution in [0.25, 0.3) is 0 Å². The first kappa shape index (κ1) is 18.1. The second kappa shape index (κ2) is 11.0.